The largest absolute Gasteiger partial charge is 0.331 e. The summed E-state index contributed by atoms with van der Waals surface area (Å²) in [4.78, 5) is 4.34. The molecule has 0 amide bonds. The van der Waals surface area contributed by atoms with E-state index in [0.29, 0.717) is 6.54 Å². The normalized spacial score (nSPS) is 13.8. The molecule has 0 aliphatic carbocycles. The lowest BCUT2D eigenvalue weighted by Gasteiger charge is -2.03. The fraction of sp³-hybridized carbons (Fsp3) is 0.462. The van der Waals surface area contributed by atoms with Gasteiger partial charge in [-0.1, -0.05) is 0 Å². The number of nitrogens with zero attached hydrogens (tertiary/aromatic N) is 2. The number of sulfone groups is 1. The van der Waals surface area contributed by atoms with Crippen molar-refractivity contribution in [2.75, 3.05) is 12.0 Å². The van der Waals surface area contributed by atoms with E-state index in [2.05, 4.69) is 4.98 Å². The minimum absolute atomic E-state index is 0.0640. The van der Waals surface area contributed by atoms with Crippen molar-refractivity contribution in [2.24, 2.45) is 5.73 Å². The predicted octanol–water partition coefficient (Wildman–Crippen LogP) is 0.971. The number of hydrogen-bond donors (Lipinski definition) is 1. The molecule has 0 saturated carbocycles. The second kappa shape index (κ2) is 5.30. The highest BCUT2D eigenvalue weighted by Crippen LogP contribution is 2.20. The number of aromatic nitrogens is 2. The van der Waals surface area contributed by atoms with E-state index >= 15 is 0 Å². The maximum Gasteiger partial charge on any atom is 0.149 e. The lowest BCUT2D eigenvalue weighted by molar-refractivity contribution is 0.595. The fourth-order valence-electron chi connectivity index (χ4n) is 2.14. The van der Waals surface area contributed by atoms with E-state index in [0.717, 1.165) is 23.0 Å². The molecule has 0 bridgehead atoms. The van der Waals surface area contributed by atoms with Crippen molar-refractivity contribution in [1.29, 1.82) is 0 Å². The molecule has 19 heavy (non-hydrogen) atoms. The first kappa shape index (κ1) is 14.0. The molecule has 0 aliphatic rings. The van der Waals surface area contributed by atoms with Crippen molar-refractivity contribution in [1.82, 2.24) is 9.55 Å². The highest BCUT2D eigenvalue weighted by atomic mass is 32.2. The van der Waals surface area contributed by atoms with Crippen LogP contribution >= 0.6 is 0 Å². The van der Waals surface area contributed by atoms with Gasteiger partial charge in [-0.25, -0.2) is 13.4 Å². The lowest BCUT2D eigenvalue weighted by atomic mass is 10.1. The Bertz CT molecular complexity index is 674. The third kappa shape index (κ3) is 3.54. The average molecular weight is 281 g/mol. The van der Waals surface area contributed by atoms with E-state index in [9.17, 15) is 8.42 Å². The Hall–Kier alpha value is -1.40. The standard InChI is InChI=1S/C13H19N3O2S/c1-10(14)8-11-9-16(6-7-19(2,17)18)13-12(11)4-3-5-15-13/h3-5,9-10H,6-8,14H2,1-2H3. The molecule has 0 saturated heterocycles. The first-order valence-electron chi connectivity index (χ1n) is 6.23. The van der Waals surface area contributed by atoms with E-state index in [-0.39, 0.29) is 11.8 Å². The Kier molecular flexibility index (Phi) is 3.91. The number of nitrogens with two attached hydrogens (primary N) is 1. The molecule has 1 unspecified atom stereocenters. The van der Waals surface area contributed by atoms with Crippen LogP contribution in [0.4, 0.5) is 0 Å². The summed E-state index contributed by atoms with van der Waals surface area (Å²) in [6, 6.07) is 3.94. The summed E-state index contributed by atoms with van der Waals surface area (Å²) < 4.78 is 24.4. The average Bonchev–Trinajstić information content (AvgIpc) is 2.64. The first-order chi connectivity index (χ1) is 8.87. The van der Waals surface area contributed by atoms with Crippen LogP contribution in [-0.4, -0.2) is 36.0 Å². The van der Waals surface area contributed by atoms with Gasteiger partial charge in [-0.3, -0.25) is 0 Å². The Labute approximate surface area is 113 Å². The molecule has 0 aliphatic heterocycles. The molecule has 2 heterocycles. The van der Waals surface area contributed by atoms with Crippen molar-refractivity contribution in [2.45, 2.75) is 25.9 Å². The van der Waals surface area contributed by atoms with Crippen molar-refractivity contribution < 1.29 is 8.42 Å². The molecule has 0 aromatic carbocycles. The first-order valence-corrected chi connectivity index (χ1v) is 8.29. The van der Waals surface area contributed by atoms with Gasteiger partial charge in [0.15, 0.2) is 0 Å². The van der Waals surface area contributed by atoms with Gasteiger partial charge in [0, 0.05) is 36.6 Å². The lowest BCUT2D eigenvalue weighted by Crippen LogP contribution is -2.17. The van der Waals surface area contributed by atoms with E-state index in [1.54, 1.807) is 6.20 Å². The number of pyridine rings is 1. The van der Waals surface area contributed by atoms with E-state index < -0.39 is 9.84 Å². The van der Waals surface area contributed by atoms with Crippen molar-refractivity contribution in [3.8, 4) is 0 Å². The van der Waals surface area contributed by atoms with Crippen LogP contribution in [0.5, 0.6) is 0 Å². The van der Waals surface area contributed by atoms with Gasteiger partial charge in [-0.05, 0) is 31.0 Å². The molecule has 5 nitrogen and oxygen atoms in total. The quantitative estimate of drug-likeness (QED) is 0.886. The van der Waals surface area contributed by atoms with Crippen LogP contribution in [0.2, 0.25) is 0 Å². The topological polar surface area (TPSA) is 78.0 Å². The highest BCUT2D eigenvalue weighted by Gasteiger charge is 2.12. The number of hydrogen-bond acceptors (Lipinski definition) is 4. The minimum atomic E-state index is -2.98. The van der Waals surface area contributed by atoms with Crippen molar-refractivity contribution in [3.05, 3.63) is 30.1 Å². The third-order valence-corrected chi connectivity index (χ3v) is 3.89. The number of fused-ring (bicyclic) bond motifs is 1. The Balaban J connectivity index is 2.38. The smallest absolute Gasteiger partial charge is 0.149 e. The molecular weight excluding hydrogens is 262 g/mol. The zero-order chi connectivity index (χ0) is 14.0. The summed E-state index contributed by atoms with van der Waals surface area (Å²) in [5.41, 5.74) is 7.78. The van der Waals surface area contributed by atoms with Crippen LogP contribution in [0.25, 0.3) is 11.0 Å². The maximum atomic E-state index is 11.3. The minimum Gasteiger partial charge on any atom is -0.331 e. The molecule has 1 atom stereocenters. The second-order valence-electron chi connectivity index (χ2n) is 5.03. The van der Waals surface area contributed by atoms with E-state index in [4.69, 9.17) is 5.73 Å². The summed E-state index contributed by atoms with van der Waals surface area (Å²) in [7, 11) is -2.98. The molecule has 2 N–H and O–H groups in total. The van der Waals surface area contributed by atoms with Gasteiger partial charge in [-0.15, -0.1) is 0 Å². The molecule has 2 aromatic heterocycles. The van der Waals surface area contributed by atoms with Gasteiger partial charge in [-0.2, -0.15) is 0 Å². The summed E-state index contributed by atoms with van der Waals surface area (Å²) >= 11 is 0. The van der Waals surface area contributed by atoms with Gasteiger partial charge in [0.05, 0.1) is 5.75 Å². The molecule has 2 aromatic rings. The predicted molar refractivity (Wildman–Crippen MR) is 76.8 cm³/mol. The van der Waals surface area contributed by atoms with Gasteiger partial charge < -0.3 is 10.3 Å². The Morgan fingerprint density at radius 2 is 2.21 bits per heavy atom. The van der Waals surface area contributed by atoms with Gasteiger partial charge >= 0.3 is 0 Å². The second-order valence-corrected chi connectivity index (χ2v) is 7.29. The van der Waals surface area contributed by atoms with Crippen LogP contribution in [0, 0.1) is 0 Å². The monoisotopic (exact) mass is 281 g/mol. The highest BCUT2D eigenvalue weighted by molar-refractivity contribution is 7.90. The summed E-state index contributed by atoms with van der Waals surface area (Å²) in [5.74, 6) is 0.116. The molecule has 104 valence electrons. The SMILES string of the molecule is CC(N)Cc1cn(CCS(C)(=O)=O)c2ncccc12. The Morgan fingerprint density at radius 3 is 2.84 bits per heavy atom. The van der Waals surface area contributed by atoms with Crippen LogP contribution < -0.4 is 5.73 Å². The van der Waals surface area contributed by atoms with E-state index in [1.165, 1.54) is 6.26 Å². The Morgan fingerprint density at radius 1 is 1.47 bits per heavy atom. The molecule has 0 fully saturated rings. The summed E-state index contributed by atoms with van der Waals surface area (Å²) in [5, 5.41) is 1.05. The number of rotatable bonds is 5. The zero-order valence-electron chi connectivity index (χ0n) is 11.2. The van der Waals surface area contributed by atoms with Crippen molar-refractivity contribution in [3.63, 3.8) is 0 Å². The van der Waals surface area contributed by atoms with Gasteiger partial charge in [0.2, 0.25) is 0 Å². The molecular formula is C13H19N3O2S. The van der Waals surface area contributed by atoms with Gasteiger partial charge in [0.25, 0.3) is 0 Å². The molecule has 2 rings (SSSR count). The van der Waals surface area contributed by atoms with Gasteiger partial charge in [0.1, 0.15) is 15.5 Å². The van der Waals surface area contributed by atoms with Crippen LogP contribution in [0.15, 0.2) is 24.5 Å². The zero-order valence-corrected chi connectivity index (χ0v) is 12.0. The molecule has 6 heteroatoms. The summed E-state index contributed by atoms with van der Waals surface area (Å²) in [6.07, 6.45) is 5.68. The molecule has 0 spiro atoms. The molecule has 0 radical (unpaired) electrons. The fourth-order valence-corrected chi connectivity index (χ4v) is 2.67. The van der Waals surface area contributed by atoms with Crippen molar-refractivity contribution >= 4 is 20.9 Å². The summed E-state index contributed by atoms with van der Waals surface area (Å²) in [6.45, 7) is 2.38. The third-order valence-electron chi connectivity index (χ3n) is 2.96. The van der Waals surface area contributed by atoms with E-state index in [1.807, 2.05) is 29.8 Å². The number of aryl methyl sites for hydroxylation is 1. The van der Waals surface area contributed by atoms with Crippen LogP contribution in [0.1, 0.15) is 12.5 Å². The van der Waals surface area contributed by atoms with Crippen LogP contribution in [0.3, 0.4) is 0 Å². The maximum absolute atomic E-state index is 11.3. The van der Waals surface area contributed by atoms with Crippen LogP contribution in [-0.2, 0) is 22.8 Å².